The lowest BCUT2D eigenvalue weighted by molar-refractivity contribution is -0.114. The zero-order valence-electron chi connectivity index (χ0n) is 13.3. The molecular weight excluding hydrogens is 309 g/mol. The van der Waals surface area contributed by atoms with Crippen molar-refractivity contribution in [2.24, 2.45) is 10.9 Å². The molecule has 0 aliphatic carbocycles. The van der Waals surface area contributed by atoms with Crippen molar-refractivity contribution < 1.29 is 18.0 Å². The van der Waals surface area contributed by atoms with Crippen LogP contribution in [-0.2, 0) is 4.79 Å². The van der Waals surface area contributed by atoms with E-state index in [-0.39, 0.29) is 6.54 Å². The molecule has 0 saturated heterocycles. The predicted octanol–water partition coefficient (Wildman–Crippen LogP) is 2.25. The number of hydrogen-bond acceptors (Lipinski definition) is 2. The zero-order valence-corrected chi connectivity index (χ0v) is 13.3. The summed E-state index contributed by atoms with van der Waals surface area (Å²) in [5.41, 5.74) is -0.427. The summed E-state index contributed by atoms with van der Waals surface area (Å²) < 4.78 is 39.4. The molecule has 5 nitrogen and oxygen atoms in total. The van der Waals surface area contributed by atoms with E-state index in [4.69, 9.17) is 0 Å². The summed E-state index contributed by atoms with van der Waals surface area (Å²) in [6.45, 7) is 6.92. The number of hydrogen-bond donors (Lipinski definition) is 3. The number of aliphatic imine (C=N–C) groups is 1. The van der Waals surface area contributed by atoms with Crippen LogP contribution in [0, 0.1) is 23.4 Å². The molecule has 3 N–H and O–H groups in total. The highest BCUT2D eigenvalue weighted by molar-refractivity contribution is 5.94. The van der Waals surface area contributed by atoms with Crippen molar-refractivity contribution in [3.05, 3.63) is 29.6 Å². The summed E-state index contributed by atoms with van der Waals surface area (Å²) >= 11 is 0. The molecule has 0 unspecified atom stereocenters. The molecule has 1 aromatic rings. The van der Waals surface area contributed by atoms with Gasteiger partial charge in [0.25, 0.3) is 0 Å². The Labute approximate surface area is 133 Å². The van der Waals surface area contributed by atoms with Crippen LogP contribution in [0.25, 0.3) is 0 Å². The molecule has 0 aliphatic rings. The minimum atomic E-state index is -1.63. The van der Waals surface area contributed by atoms with E-state index in [1.54, 1.807) is 0 Å². The molecule has 1 amide bonds. The number of nitrogens with one attached hydrogen (secondary N) is 3. The molecule has 0 aromatic heterocycles. The first-order chi connectivity index (χ1) is 10.8. The van der Waals surface area contributed by atoms with E-state index >= 15 is 0 Å². The van der Waals surface area contributed by atoms with Gasteiger partial charge in [-0.05, 0) is 25.0 Å². The molecule has 0 atom stereocenters. The van der Waals surface area contributed by atoms with Crippen molar-refractivity contribution in [3.8, 4) is 0 Å². The summed E-state index contributed by atoms with van der Waals surface area (Å²) in [6, 6.07) is 1.70. The van der Waals surface area contributed by atoms with Crippen molar-refractivity contribution in [3.63, 3.8) is 0 Å². The quantitative estimate of drug-likeness (QED) is 0.426. The normalized spacial score (nSPS) is 11.5. The van der Waals surface area contributed by atoms with Crippen LogP contribution in [0.1, 0.15) is 20.8 Å². The Morgan fingerprint density at radius 1 is 1.17 bits per heavy atom. The fourth-order valence-corrected chi connectivity index (χ4v) is 1.61. The van der Waals surface area contributed by atoms with Gasteiger partial charge in [-0.25, -0.2) is 18.2 Å². The van der Waals surface area contributed by atoms with E-state index in [0.717, 1.165) is 12.1 Å². The van der Waals surface area contributed by atoms with Crippen LogP contribution < -0.4 is 16.0 Å². The van der Waals surface area contributed by atoms with E-state index in [9.17, 15) is 18.0 Å². The monoisotopic (exact) mass is 330 g/mol. The van der Waals surface area contributed by atoms with Crippen LogP contribution in [0.2, 0.25) is 0 Å². The lowest BCUT2D eigenvalue weighted by Gasteiger charge is -2.13. The molecule has 1 rings (SSSR count). The Hall–Kier alpha value is -2.25. The van der Waals surface area contributed by atoms with Gasteiger partial charge in [0.05, 0.1) is 5.69 Å². The number of guanidine groups is 1. The molecular formula is C15H21F3N4O. The average Bonchev–Trinajstić information content (AvgIpc) is 2.50. The average molecular weight is 330 g/mol. The smallest absolute Gasteiger partial charge is 0.246 e. The second-order valence-corrected chi connectivity index (χ2v) is 5.24. The maximum absolute atomic E-state index is 13.5. The van der Waals surface area contributed by atoms with Gasteiger partial charge in [0, 0.05) is 13.1 Å². The number of anilines is 1. The zero-order chi connectivity index (χ0) is 17.4. The fourth-order valence-electron chi connectivity index (χ4n) is 1.61. The van der Waals surface area contributed by atoms with Gasteiger partial charge in [-0.1, -0.05) is 13.8 Å². The number of carbonyl (C=O) groups excluding carboxylic acids is 1. The van der Waals surface area contributed by atoms with Crippen LogP contribution >= 0.6 is 0 Å². The van der Waals surface area contributed by atoms with Gasteiger partial charge in [0.2, 0.25) is 5.91 Å². The lowest BCUT2D eigenvalue weighted by Crippen LogP contribution is -2.39. The standard InChI is InChI=1S/C15H21F3N4O/c1-4-19-15(20-7-9(2)3)21-8-12(23)22-11-6-5-10(16)13(17)14(11)18/h5-6,9H,4,7-8H2,1-3H3,(H,22,23)(H2,19,20,21). The molecule has 0 saturated carbocycles. The molecule has 0 radical (unpaired) electrons. The Morgan fingerprint density at radius 2 is 1.87 bits per heavy atom. The van der Waals surface area contributed by atoms with Gasteiger partial charge in [-0.2, -0.15) is 0 Å². The number of nitrogens with zero attached hydrogens (tertiary/aromatic N) is 1. The first-order valence-electron chi connectivity index (χ1n) is 7.30. The fraction of sp³-hybridized carbons (Fsp3) is 0.467. The van der Waals surface area contributed by atoms with Gasteiger partial charge in [-0.15, -0.1) is 0 Å². The lowest BCUT2D eigenvalue weighted by atomic mass is 10.2. The van der Waals surface area contributed by atoms with Crippen LogP contribution in [0.4, 0.5) is 18.9 Å². The molecule has 0 bridgehead atoms. The molecule has 0 aliphatic heterocycles. The predicted molar refractivity (Wildman–Crippen MR) is 83.8 cm³/mol. The molecule has 0 fully saturated rings. The minimum absolute atomic E-state index is 0.286. The van der Waals surface area contributed by atoms with Gasteiger partial charge in [0.15, 0.2) is 23.4 Å². The van der Waals surface area contributed by atoms with E-state index in [1.807, 2.05) is 20.8 Å². The van der Waals surface area contributed by atoms with Gasteiger partial charge in [-0.3, -0.25) is 4.79 Å². The Balaban J connectivity index is 2.67. The van der Waals surface area contributed by atoms with Gasteiger partial charge in [0.1, 0.15) is 6.54 Å². The van der Waals surface area contributed by atoms with E-state index < -0.39 is 29.0 Å². The first-order valence-corrected chi connectivity index (χ1v) is 7.30. The van der Waals surface area contributed by atoms with Crippen LogP contribution in [0.15, 0.2) is 17.1 Å². The summed E-state index contributed by atoms with van der Waals surface area (Å²) in [6.07, 6.45) is 0. The van der Waals surface area contributed by atoms with E-state index in [2.05, 4.69) is 20.9 Å². The maximum Gasteiger partial charge on any atom is 0.246 e. The molecule has 0 heterocycles. The van der Waals surface area contributed by atoms with Crippen LogP contribution in [-0.4, -0.2) is 31.5 Å². The minimum Gasteiger partial charge on any atom is -0.357 e. The summed E-state index contributed by atoms with van der Waals surface area (Å²) in [5, 5.41) is 8.16. The highest BCUT2D eigenvalue weighted by Crippen LogP contribution is 2.19. The molecule has 0 spiro atoms. The second kappa shape index (κ2) is 9.02. The summed E-state index contributed by atoms with van der Waals surface area (Å²) in [4.78, 5) is 15.8. The molecule has 1 aromatic carbocycles. The Morgan fingerprint density at radius 3 is 2.48 bits per heavy atom. The molecule has 8 heteroatoms. The van der Waals surface area contributed by atoms with Crippen molar-refractivity contribution in [2.45, 2.75) is 20.8 Å². The highest BCUT2D eigenvalue weighted by atomic mass is 19.2. The van der Waals surface area contributed by atoms with Crippen molar-refractivity contribution in [2.75, 3.05) is 25.0 Å². The third-order valence-electron chi connectivity index (χ3n) is 2.71. The van der Waals surface area contributed by atoms with Gasteiger partial charge >= 0.3 is 0 Å². The SMILES string of the molecule is CCNC(=NCC(=O)Nc1ccc(F)c(F)c1F)NCC(C)C. The van der Waals surface area contributed by atoms with E-state index in [0.29, 0.717) is 25.0 Å². The highest BCUT2D eigenvalue weighted by Gasteiger charge is 2.15. The molecule has 23 heavy (non-hydrogen) atoms. The van der Waals surface area contributed by atoms with Crippen molar-refractivity contribution in [1.29, 1.82) is 0 Å². The summed E-state index contributed by atoms with van der Waals surface area (Å²) in [7, 11) is 0. The van der Waals surface area contributed by atoms with Gasteiger partial charge < -0.3 is 16.0 Å². The number of halogens is 3. The number of rotatable bonds is 6. The van der Waals surface area contributed by atoms with Crippen molar-refractivity contribution >= 4 is 17.6 Å². The summed E-state index contributed by atoms with van der Waals surface area (Å²) in [5.74, 6) is -4.18. The van der Waals surface area contributed by atoms with Crippen molar-refractivity contribution in [1.82, 2.24) is 10.6 Å². The van der Waals surface area contributed by atoms with Crippen LogP contribution in [0.5, 0.6) is 0 Å². The number of amides is 1. The number of benzene rings is 1. The third-order valence-corrected chi connectivity index (χ3v) is 2.71. The Kier molecular flexibility index (Phi) is 7.37. The first kappa shape index (κ1) is 18.8. The van der Waals surface area contributed by atoms with Crippen LogP contribution in [0.3, 0.4) is 0 Å². The van der Waals surface area contributed by atoms with E-state index in [1.165, 1.54) is 0 Å². The largest absolute Gasteiger partial charge is 0.357 e. The maximum atomic E-state index is 13.5. The Bertz CT molecular complexity index is 576. The number of carbonyl (C=O) groups is 1. The third kappa shape index (κ3) is 6.17. The second-order valence-electron chi connectivity index (χ2n) is 5.24. The molecule has 128 valence electrons. The topological polar surface area (TPSA) is 65.5 Å².